The molecule has 0 radical (unpaired) electrons. The van der Waals surface area contributed by atoms with Crippen molar-refractivity contribution >= 4 is 5.82 Å². The fourth-order valence-electron chi connectivity index (χ4n) is 2.71. The average Bonchev–Trinajstić information content (AvgIpc) is 2.93. The monoisotopic (exact) mass is 248 g/mol. The standard InChI is InChI=1S/C14H20N2O2/c1-11-4-2-6-14(15-11)16-7-9-18-13(10-16)12-5-3-8-17-12/h2,4,6,12-13H,3,5,7-10H2,1H3. The minimum absolute atomic E-state index is 0.198. The highest BCUT2D eigenvalue weighted by Crippen LogP contribution is 2.23. The van der Waals surface area contributed by atoms with E-state index in [0.717, 1.165) is 50.7 Å². The Morgan fingerprint density at radius 2 is 2.11 bits per heavy atom. The topological polar surface area (TPSA) is 34.6 Å². The van der Waals surface area contributed by atoms with E-state index in [1.165, 1.54) is 0 Å². The zero-order valence-corrected chi connectivity index (χ0v) is 10.8. The number of aryl methyl sites for hydroxylation is 1. The Bertz CT molecular complexity index is 405. The summed E-state index contributed by atoms with van der Waals surface area (Å²) in [5.41, 5.74) is 1.06. The molecule has 0 amide bonds. The smallest absolute Gasteiger partial charge is 0.128 e. The third-order valence-electron chi connectivity index (χ3n) is 3.67. The minimum atomic E-state index is 0.198. The molecular weight excluding hydrogens is 228 g/mol. The van der Waals surface area contributed by atoms with Gasteiger partial charge in [0.1, 0.15) is 11.9 Å². The number of hydrogen-bond acceptors (Lipinski definition) is 4. The maximum atomic E-state index is 5.85. The van der Waals surface area contributed by atoms with Crippen molar-refractivity contribution in [3.63, 3.8) is 0 Å². The van der Waals surface area contributed by atoms with Gasteiger partial charge in [0.15, 0.2) is 0 Å². The molecule has 98 valence electrons. The molecule has 2 saturated heterocycles. The van der Waals surface area contributed by atoms with Crippen LogP contribution in [0.5, 0.6) is 0 Å². The Morgan fingerprint density at radius 1 is 1.22 bits per heavy atom. The molecule has 2 aliphatic heterocycles. The summed E-state index contributed by atoms with van der Waals surface area (Å²) in [5.74, 6) is 1.06. The van der Waals surface area contributed by atoms with Gasteiger partial charge < -0.3 is 14.4 Å². The fourth-order valence-corrected chi connectivity index (χ4v) is 2.71. The van der Waals surface area contributed by atoms with Crippen LogP contribution in [-0.2, 0) is 9.47 Å². The summed E-state index contributed by atoms with van der Waals surface area (Å²) in [6.07, 6.45) is 2.76. The van der Waals surface area contributed by atoms with E-state index < -0.39 is 0 Å². The highest BCUT2D eigenvalue weighted by molar-refractivity contribution is 5.39. The van der Waals surface area contributed by atoms with E-state index >= 15 is 0 Å². The molecule has 0 aromatic carbocycles. The molecule has 4 nitrogen and oxygen atoms in total. The first-order chi connectivity index (χ1) is 8.83. The molecule has 2 aliphatic rings. The third kappa shape index (κ3) is 2.49. The molecule has 1 aromatic heterocycles. The van der Waals surface area contributed by atoms with E-state index in [-0.39, 0.29) is 12.2 Å². The third-order valence-corrected chi connectivity index (χ3v) is 3.67. The predicted molar refractivity (Wildman–Crippen MR) is 69.9 cm³/mol. The zero-order valence-electron chi connectivity index (χ0n) is 10.8. The quantitative estimate of drug-likeness (QED) is 0.799. The van der Waals surface area contributed by atoms with Crippen LogP contribution in [0.4, 0.5) is 5.82 Å². The second-order valence-electron chi connectivity index (χ2n) is 5.04. The zero-order chi connectivity index (χ0) is 12.4. The number of ether oxygens (including phenoxy) is 2. The van der Waals surface area contributed by atoms with Gasteiger partial charge >= 0.3 is 0 Å². The number of rotatable bonds is 2. The Morgan fingerprint density at radius 3 is 2.89 bits per heavy atom. The molecule has 3 heterocycles. The van der Waals surface area contributed by atoms with Crippen molar-refractivity contribution in [3.8, 4) is 0 Å². The van der Waals surface area contributed by atoms with Gasteiger partial charge in [-0.3, -0.25) is 0 Å². The molecule has 0 bridgehead atoms. The van der Waals surface area contributed by atoms with Crippen molar-refractivity contribution in [2.45, 2.75) is 32.0 Å². The van der Waals surface area contributed by atoms with Crippen LogP contribution >= 0.6 is 0 Å². The van der Waals surface area contributed by atoms with Gasteiger partial charge in [0.05, 0.1) is 12.7 Å². The van der Waals surface area contributed by atoms with E-state index in [1.54, 1.807) is 0 Å². The lowest BCUT2D eigenvalue weighted by molar-refractivity contribution is -0.0544. The van der Waals surface area contributed by atoms with E-state index in [4.69, 9.17) is 9.47 Å². The molecule has 2 fully saturated rings. The summed E-state index contributed by atoms with van der Waals surface area (Å²) < 4.78 is 11.6. The number of aromatic nitrogens is 1. The lowest BCUT2D eigenvalue weighted by atomic mass is 10.1. The van der Waals surface area contributed by atoms with Gasteiger partial charge in [-0.25, -0.2) is 4.98 Å². The molecule has 0 saturated carbocycles. The highest BCUT2D eigenvalue weighted by Gasteiger charge is 2.31. The highest BCUT2D eigenvalue weighted by atomic mass is 16.5. The normalized spacial score (nSPS) is 28.6. The molecule has 0 spiro atoms. The molecule has 0 N–H and O–H groups in total. The maximum absolute atomic E-state index is 5.85. The number of pyridine rings is 1. The summed E-state index contributed by atoms with van der Waals surface area (Å²) in [5, 5.41) is 0. The van der Waals surface area contributed by atoms with Crippen molar-refractivity contribution < 1.29 is 9.47 Å². The number of anilines is 1. The first-order valence-corrected chi connectivity index (χ1v) is 6.75. The minimum Gasteiger partial charge on any atom is -0.375 e. The number of nitrogens with zero attached hydrogens (tertiary/aromatic N) is 2. The lowest BCUT2D eigenvalue weighted by Crippen LogP contribution is -2.48. The first-order valence-electron chi connectivity index (χ1n) is 6.75. The van der Waals surface area contributed by atoms with Crippen LogP contribution in [0.2, 0.25) is 0 Å². The summed E-state index contributed by atoms with van der Waals surface area (Å²) in [4.78, 5) is 6.90. The second-order valence-corrected chi connectivity index (χ2v) is 5.04. The van der Waals surface area contributed by atoms with Crippen LogP contribution in [0, 0.1) is 6.92 Å². The van der Waals surface area contributed by atoms with Gasteiger partial charge in [0.2, 0.25) is 0 Å². The van der Waals surface area contributed by atoms with Crippen molar-refractivity contribution in [1.82, 2.24) is 4.98 Å². The Labute approximate surface area is 108 Å². The van der Waals surface area contributed by atoms with E-state index in [1.807, 2.05) is 13.0 Å². The Kier molecular flexibility index (Phi) is 3.48. The first kappa shape index (κ1) is 11.9. The summed E-state index contributed by atoms with van der Waals surface area (Å²) >= 11 is 0. The number of hydrogen-bond donors (Lipinski definition) is 0. The molecule has 4 heteroatoms. The van der Waals surface area contributed by atoms with Crippen molar-refractivity contribution in [1.29, 1.82) is 0 Å². The van der Waals surface area contributed by atoms with Crippen molar-refractivity contribution in [2.24, 2.45) is 0 Å². The van der Waals surface area contributed by atoms with Gasteiger partial charge in [-0.1, -0.05) is 6.07 Å². The van der Waals surface area contributed by atoms with Gasteiger partial charge in [0, 0.05) is 25.4 Å². The SMILES string of the molecule is Cc1cccc(N2CCOC(C3CCCO3)C2)n1. The largest absolute Gasteiger partial charge is 0.375 e. The fraction of sp³-hybridized carbons (Fsp3) is 0.643. The molecule has 2 atom stereocenters. The van der Waals surface area contributed by atoms with Crippen LogP contribution in [0.1, 0.15) is 18.5 Å². The summed E-state index contributed by atoms with van der Waals surface area (Å²) in [6, 6.07) is 6.17. The molecule has 18 heavy (non-hydrogen) atoms. The van der Waals surface area contributed by atoms with Gasteiger partial charge in [-0.2, -0.15) is 0 Å². The van der Waals surface area contributed by atoms with Crippen LogP contribution in [0.3, 0.4) is 0 Å². The van der Waals surface area contributed by atoms with E-state index in [2.05, 4.69) is 22.0 Å². The van der Waals surface area contributed by atoms with Crippen LogP contribution in [-0.4, -0.2) is 43.5 Å². The molecule has 1 aromatic rings. The molecule has 2 unspecified atom stereocenters. The summed E-state index contributed by atoms with van der Waals surface area (Å²) in [7, 11) is 0. The van der Waals surface area contributed by atoms with Gasteiger partial charge in [-0.15, -0.1) is 0 Å². The van der Waals surface area contributed by atoms with E-state index in [9.17, 15) is 0 Å². The van der Waals surface area contributed by atoms with Crippen LogP contribution < -0.4 is 4.90 Å². The van der Waals surface area contributed by atoms with Crippen molar-refractivity contribution in [3.05, 3.63) is 23.9 Å². The van der Waals surface area contributed by atoms with E-state index in [0.29, 0.717) is 0 Å². The second kappa shape index (κ2) is 5.24. The lowest BCUT2D eigenvalue weighted by Gasteiger charge is -2.36. The number of morpholine rings is 1. The maximum Gasteiger partial charge on any atom is 0.128 e. The molecular formula is C14H20N2O2. The van der Waals surface area contributed by atoms with Crippen molar-refractivity contribution in [2.75, 3.05) is 31.2 Å². The van der Waals surface area contributed by atoms with Gasteiger partial charge in [0.25, 0.3) is 0 Å². The Hall–Kier alpha value is -1.13. The average molecular weight is 248 g/mol. The predicted octanol–water partition coefficient (Wildman–Crippen LogP) is 1.77. The molecule has 3 rings (SSSR count). The van der Waals surface area contributed by atoms with Gasteiger partial charge in [-0.05, 0) is 31.9 Å². The van der Waals surface area contributed by atoms with Crippen LogP contribution in [0.25, 0.3) is 0 Å². The Balaban J connectivity index is 1.69. The molecule has 0 aliphatic carbocycles. The van der Waals surface area contributed by atoms with Crippen LogP contribution in [0.15, 0.2) is 18.2 Å². The summed E-state index contributed by atoms with van der Waals surface area (Å²) in [6.45, 7) is 5.48.